The van der Waals surface area contributed by atoms with Crippen LogP contribution in [-0.2, 0) is 0 Å². The fraction of sp³-hybridized carbons (Fsp3) is 0. The van der Waals surface area contributed by atoms with Crippen molar-refractivity contribution in [3.8, 4) is 22.3 Å². The minimum Gasteiger partial charge on any atom is -0.285 e. The van der Waals surface area contributed by atoms with Crippen molar-refractivity contribution < 1.29 is 0 Å². The van der Waals surface area contributed by atoms with Crippen molar-refractivity contribution in [1.82, 2.24) is 10.2 Å². The summed E-state index contributed by atoms with van der Waals surface area (Å²) in [5, 5.41) is 7.51. The highest BCUT2D eigenvalue weighted by Crippen LogP contribution is 2.30. The van der Waals surface area contributed by atoms with E-state index < -0.39 is 0 Å². The number of nitrogens with zero attached hydrogens (tertiary/aromatic N) is 1. The summed E-state index contributed by atoms with van der Waals surface area (Å²) in [7, 11) is 0. The van der Waals surface area contributed by atoms with Gasteiger partial charge in [0, 0.05) is 22.3 Å². The Labute approximate surface area is 110 Å². The zero-order valence-corrected chi connectivity index (χ0v) is 10.3. The van der Waals surface area contributed by atoms with Crippen LogP contribution in [0.3, 0.4) is 0 Å². The summed E-state index contributed by atoms with van der Waals surface area (Å²) in [6, 6.07) is 16.9. The molecule has 0 spiro atoms. The molecule has 3 rings (SSSR count). The molecular weight excluding hydrogens is 244 g/mol. The van der Waals surface area contributed by atoms with Gasteiger partial charge in [0.25, 0.3) is 0 Å². The Morgan fingerprint density at radius 2 is 1.89 bits per heavy atom. The molecule has 0 amide bonds. The molecule has 87 valence electrons. The van der Waals surface area contributed by atoms with E-state index in [1.54, 1.807) is 6.20 Å². The van der Waals surface area contributed by atoms with Crippen molar-refractivity contribution in [3.63, 3.8) is 0 Å². The SMILES string of the molecule is Clc1ccccc1-c1c[c]cc(-c2cn[nH]c2)c1. The minimum atomic E-state index is 0.746. The summed E-state index contributed by atoms with van der Waals surface area (Å²) < 4.78 is 0. The molecule has 0 saturated heterocycles. The Hall–Kier alpha value is -2.06. The van der Waals surface area contributed by atoms with Gasteiger partial charge in [0.15, 0.2) is 0 Å². The molecule has 18 heavy (non-hydrogen) atoms. The van der Waals surface area contributed by atoms with Gasteiger partial charge >= 0.3 is 0 Å². The Balaban J connectivity index is 2.10. The molecular formula is C15H10ClN2. The molecule has 1 radical (unpaired) electrons. The fourth-order valence-electron chi connectivity index (χ4n) is 1.90. The second-order valence-corrected chi connectivity index (χ2v) is 4.38. The third-order valence-electron chi connectivity index (χ3n) is 2.81. The van der Waals surface area contributed by atoms with Crippen LogP contribution in [0.15, 0.2) is 54.9 Å². The smallest absolute Gasteiger partial charge is 0.0565 e. The highest BCUT2D eigenvalue weighted by atomic mass is 35.5. The maximum Gasteiger partial charge on any atom is 0.0565 e. The zero-order chi connectivity index (χ0) is 12.4. The number of hydrogen-bond donors (Lipinski definition) is 1. The first-order valence-corrected chi connectivity index (χ1v) is 5.97. The van der Waals surface area contributed by atoms with E-state index in [1.165, 1.54) is 0 Å². The third kappa shape index (κ3) is 2.03. The summed E-state index contributed by atoms with van der Waals surface area (Å²) in [4.78, 5) is 0. The van der Waals surface area contributed by atoms with E-state index in [1.807, 2.05) is 42.6 Å². The van der Waals surface area contributed by atoms with Gasteiger partial charge in [-0.3, -0.25) is 5.10 Å². The van der Waals surface area contributed by atoms with Crippen LogP contribution < -0.4 is 0 Å². The first-order chi connectivity index (χ1) is 8.84. The summed E-state index contributed by atoms with van der Waals surface area (Å²) in [5.74, 6) is 0. The molecule has 0 unspecified atom stereocenters. The van der Waals surface area contributed by atoms with Gasteiger partial charge in [-0.2, -0.15) is 5.10 Å². The van der Waals surface area contributed by atoms with Crippen molar-refractivity contribution in [1.29, 1.82) is 0 Å². The molecule has 2 nitrogen and oxygen atoms in total. The van der Waals surface area contributed by atoms with Crippen molar-refractivity contribution in [2.75, 3.05) is 0 Å². The lowest BCUT2D eigenvalue weighted by atomic mass is 10.0. The van der Waals surface area contributed by atoms with E-state index in [0.717, 1.165) is 27.3 Å². The molecule has 1 aromatic heterocycles. The summed E-state index contributed by atoms with van der Waals surface area (Å²) in [6.45, 7) is 0. The number of halogens is 1. The quantitative estimate of drug-likeness (QED) is 0.729. The number of aromatic amines is 1. The predicted molar refractivity (Wildman–Crippen MR) is 73.3 cm³/mol. The number of H-pyrrole nitrogens is 1. The van der Waals surface area contributed by atoms with Crippen LogP contribution in [0, 0.1) is 6.07 Å². The maximum absolute atomic E-state index is 6.20. The van der Waals surface area contributed by atoms with Gasteiger partial charge < -0.3 is 0 Å². The van der Waals surface area contributed by atoms with E-state index >= 15 is 0 Å². The summed E-state index contributed by atoms with van der Waals surface area (Å²) in [5.41, 5.74) is 4.18. The largest absolute Gasteiger partial charge is 0.285 e. The van der Waals surface area contributed by atoms with Gasteiger partial charge in [0.1, 0.15) is 0 Å². The van der Waals surface area contributed by atoms with E-state index in [9.17, 15) is 0 Å². The van der Waals surface area contributed by atoms with Crippen LogP contribution in [0.1, 0.15) is 0 Å². The molecule has 2 aromatic carbocycles. The first-order valence-electron chi connectivity index (χ1n) is 5.60. The fourth-order valence-corrected chi connectivity index (χ4v) is 2.14. The predicted octanol–water partition coefficient (Wildman–Crippen LogP) is 4.20. The highest BCUT2D eigenvalue weighted by molar-refractivity contribution is 6.33. The Bertz CT molecular complexity index is 660. The first kappa shape index (κ1) is 11.1. The van der Waals surface area contributed by atoms with Gasteiger partial charge in [-0.1, -0.05) is 29.8 Å². The van der Waals surface area contributed by atoms with Crippen LogP contribution in [0.4, 0.5) is 0 Å². The van der Waals surface area contributed by atoms with Gasteiger partial charge in [-0.15, -0.1) is 0 Å². The van der Waals surface area contributed by atoms with Crippen molar-refractivity contribution in [2.45, 2.75) is 0 Å². The van der Waals surface area contributed by atoms with Gasteiger partial charge in [0.2, 0.25) is 0 Å². The molecule has 1 heterocycles. The lowest BCUT2D eigenvalue weighted by molar-refractivity contribution is 1.09. The number of aromatic nitrogens is 2. The standard InChI is InChI=1S/C15H10ClN2/c16-15-7-2-1-6-14(15)12-5-3-4-11(8-12)13-9-17-18-10-13/h1-2,4-10H,(H,17,18). The zero-order valence-electron chi connectivity index (χ0n) is 9.52. The van der Waals surface area contributed by atoms with Gasteiger partial charge in [0.05, 0.1) is 6.20 Å². The second-order valence-electron chi connectivity index (χ2n) is 3.98. The molecule has 0 bridgehead atoms. The third-order valence-corrected chi connectivity index (χ3v) is 3.13. The summed E-state index contributed by atoms with van der Waals surface area (Å²) >= 11 is 6.20. The number of nitrogens with one attached hydrogen (secondary N) is 1. The lowest BCUT2D eigenvalue weighted by Gasteiger charge is -2.05. The van der Waals surface area contributed by atoms with Crippen LogP contribution in [0.5, 0.6) is 0 Å². The van der Waals surface area contributed by atoms with E-state index in [2.05, 4.69) is 22.3 Å². The monoisotopic (exact) mass is 253 g/mol. The molecule has 0 aliphatic carbocycles. The topological polar surface area (TPSA) is 28.7 Å². The van der Waals surface area contributed by atoms with E-state index in [4.69, 9.17) is 11.6 Å². The minimum absolute atomic E-state index is 0.746. The van der Waals surface area contributed by atoms with Crippen LogP contribution >= 0.6 is 11.6 Å². The number of rotatable bonds is 2. The molecule has 0 atom stereocenters. The lowest BCUT2D eigenvalue weighted by Crippen LogP contribution is -1.81. The number of hydrogen-bond acceptors (Lipinski definition) is 1. The summed E-state index contributed by atoms with van der Waals surface area (Å²) in [6.07, 6.45) is 3.65. The van der Waals surface area contributed by atoms with Crippen LogP contribution in [-0.4, -0.2) is 10.2 Å². The Morgan fingerprint density at radius 1 is 1.06 bits per heavy atom. The normalized spacial score (nSPS) is 10.5. The molecule has 0 aliphatic heterocycles. The van der Waals surface area contributed by atoms with Crippen LogP contribution in [0.2, 0.25) is 5.02 Å². The average Bonchev–Trinajstić information content (AvgIpc) is 2.93. The van der Waals surface area contributed by atoms with Gasteiger partial charge in [-0.05, 0) is 41.5 Å². The molecule has 3 heteroatoms. The van der Waals surface area contributed by atoms with Crippen molar-refractivity contribution >= 4 is 11.6 Å². The highest BCUT2D eigenvalue weighted by Gasteiger charge is 2.05. The maximum atomic E-state index is 6.20. The molecule has 0 fully saturated rings. The molecule has 0 aliphatic rings. The molecule has 0 saturated carbocycles. The Morgan fingerprint density at radius 3 is 2.67 bits per heavy atom. The van der Waals surface area contributed by atoms with E-state index in [0.29, 0.717) is 0 Å². The van der Waals surface area contributed by atoms with E-state index in [-0.39, 0.29) is 0 Å². The second kappa shape index (κ2) is 4.67. The molecule has 1 N–H and O–H groups in total. The molecule has 3 aromatic rings. The van der Waals surface area contributed by atoms with Gasteiger partial charge in [-0.25, -0.2) is 0 Å². The van der Waals surface area contributed by atoms with Crippen LogP contribution in [0.25, 0.3) is 22.3 Å². The van der Waals surface area contributed by atoms with Crippen molar-refractivity contribution in [3.05, 3.63) is 65.9 Å². The Kier molecular flexibility index (Phi) is 2.87. The number of benzene rings is 2. The average molecular weight is 254 g/mol. The van der Waals surface area contributed by atoms with Crippen molar-refractivity contribution in [2.24, 2.45) is 0 Å².